The van der Waals surface area contributed by atoms with E-state index in [1.165, 1.54) is 26.5 Å². The van der Waals surface area contributed by atoms with E-state index in [1.54, 1.807) is 28.4 Å². The van der Waals surface area contributed by atoms with Gasteiger partial charge in [-0.05, 0) is 41.1 Å². The molecule has 0 radical (unpaired) electrons. The summed E-state index contributed by atoms with van der Waals surface area (Å²) in [7, 11) is 6.70. The third-order valence-corrected chi connectivity index (χ3v) is 5.34. The Balaban J connectivity index is 1.87. The van der Waals surface area contributed by atoms with E-state index < -0.39 is 0 Å². The van der Waals surface area contributed by atoms with Gasteiger partial charge in [0.05, 0.1) is 35.0 Å². The Morgan fingerprint density at radius 3 is 2.00 bits per heavy atom. The fourth-order valence-corrected chi connectivity index (χ4v) is 3.99. The lowest BCUT2D eigenvalue weighted by atomic mass is 9.90. The number of ether oxygens (including phenoxy) is 4. The highest BCUT2D eigenvalue weighted by atomic mass is 16.5. The SMILES string of the molecule is COc1cc2c(cc1OC)C1C=c3cc(OC)c(OC)cc3=C[NH+]1CC2. The van der Waals surface area contributed by atoms with E-state index in [4.69, 9.17) is 18.9 Å². The van der Waals surface area contributed by atoms with Crippen molar-refractivity contribution in [3.63, 3.8) is 0 Å². The van der Waals surface area contributed by atoms with Crippen LogP contribution in [0.5, 0.6) is 23.0 Å². The Kier molecular flexibility index (Phi) is 4.24. The van der Waals surface area contributed by atoms with E-state index >= 15 is 0 Å². The number of fused-ring (bicyclic) bond motifs is 4. The number of methoxy groups -OCH3 is 4. The lowest BCUT2D eigenvalue weighted by Gasteiger charge is -2.32. The first-order chi connectivity index (χ1) is 12.7. The van der Waals surface area contributed by atoms with E-state index in [1.807, 2.05) is 0 Å². The highest BCUT2D eigenvalue weighted by molar-refractivity contribution is 5.55. The molecular weight excluding hydrogens is 330 g/mol. The van der Waals surface area contributed by atoms with Crippen LogP contribution in [-0.4, -0.2) is 35.0 Å². The van der Waals surface area contributed by atoms with Crippen LogP contribution >= 0.6 is 0 Å². The van der Waals surface area contributed by atoms with Crippen LogP contribution in [-0.2, 0) is 6.42 Å². The van der Waals surface area contributed by atoms with Crippen LogP contribution in [0.15, 0.2) is 24.3 Å². The molecule has 136 valence electrons. The summed E-state index contributed by atoms with van der Waals surface area (Å²) >= 11 is 0. The maximum atomic E-state index is 5.52. The van der Waals surface area contributed by atoms with Crippen molar-refractivity contribution in [1.29, 1.82) is 0 Å². The second kappa shape index (κ2) is 6.57. The van der Waals surface area contributed by atoms with Gasteiger partial charge in [0.15, 0.2) is 23.0 Å². The van der Waals surface area contributed by atoms with Crippen molar-refractivity contribution in [2.45, 2.75) is 12.5 Å². The molecule has 0 aromatic heterocycles. The minimum Gasteiger partial charge on any atom is -0.493 e. The molecule has 0 aliphatic carbocycles. The first kappa shape index (κ1) is 16.8. The molecular formula is C21H24NO4+. The van der Waals surface area contributed by atoms with Gasteiger partial charge in [0.2, 0.25) is 0 Å². The number of rotatable bonds is 4. The predicted molar refractivity (Wildman–Crippen MR) is 99.5 cm³/mol. The zero-order valence-corrected chi connectivity index (χ0v) is 15.6. The maximum Gasteiger partial charge on any atom is 0.161 e. The molecule has 1 N–H and O–H groups in total. The number of nitrogens with one attached hydrogen (secondary N) is 1. The Morgan fingerprint density at radius 2 is 1.35 bits per heavy atom. The zero-order chi connectivity index (χ0) is 18.3. The molecule has 5 heteroatoms. The number of benzene rings is 2. The lowest BCUT2D eigenvalue weighted by molar-refractivity contribution is -0.844. The van der Waals surface area contributed by atoms with Gasteiger partial charge in [-0.25, -0.2) is 0 Å². The van der Waals surface area contributed by atoms with Crippen LogP contribution in [0.3, 0.4) is 0 Å². The topological polar surface area (TPSA) is 41.4 Å². The molecule has 0 saturated heterocycles. The smallest absolute Gasteiger partial charge is 0.161 e. The fraction of sp³-hybridized carbons (Fsp3) is 0.333. The van der Waals surface area contributed by atoms with Crippen molar-refractivity contribution < 1.29 is 23.8 Å². The van der Waals surface area contributed by atoms with Crippen LogP contribution in [0.25, 0.3) is 12.3 Å². The summed E-state index contributed by atoms with van der Waals surface area (Å²) in [5.41, 5.74) is 2.62. The quantitative estimate of drug-likeness (QED) is 0.865. The third kappa shape index (κ3) is 2.59. The second-order valence-electron chi connectivity index (χ2n) is 6.61. The van der Waals surface area contributed by atoms with Crippen molar-refractivity contribution in [1.82, 2.24) is 0 Å². The molecule has 2 aromatic rings. The standard InChI is InChI=1S/C21H23NO4/c1-23-18-8-13-5-6-22-12-15-10-20(25-3)19(24-2)9-14(15)7-17(22)16(13)11-21(18)26-4/h7-12,17H,5-6H2,1-4H3/p+1. The van der Waals surface area contributed by atoms with Gasteiger partial charge in [0.25, 0.3) is 0 Å². The van der Waals surface area contributed by atoms with Gasteiger partial charge in [0, 0.05) is 17.2 Å². The zero-order valence-electron chi connectivity index (χ0n) is 15.6. The Morgan fingerprint density at radius 1 is 0.769 bits per heavy atom. The molecule has 2 unspecified atom stereocenters. The van der Waals surface area contributed by atoms with Crippen molar-refractivity contribution >= 4 is 12.3 Å². The van der Waals surface area contributed by atoms with Gasteiger partial charge in [-0.15, -0.1) is 0 Å². The van der Waals surface area contributed by atoms with Gasteiger partial charge >= 0.3 is 0 Å². The molecule has 2 aromatic carbocycles. The summed E-state index contributed by atoms with van der Waals surface area (Å²) < 4.78 is 21.9. The van der Waals surface area contributed by atoms with E-state index in [2.05, 4.69) is 36.5 Å². The molecule has 0 amide bonds. The average Bonchev–Trinajstić information content (AvgIpc) is 2.69. The third-order valence-electron chi connectivity index (χ3n) is 5.34. The molecule has 0 fully saturated rings. The molecule has 0 spiro atoms. The summed E-state index contributed by atoms with van der Waals surface area (Å²) in [6, 6.07) is 8.59. The number of quaternary nitrogens is 1. The monoisotopic (exact) mass is 354 g/mol. The molecule has 2 atom stereocenters. The predicted octanol–water partition coefficient (Wildman–Crippen LogP) is 0.435. The van der Waals surface area contributed by atoms with Gasteiger partial charge < -0.3 is 18.9 Å². The molecule has 2 heterocycles. The highest BCUT2D eigenvalue weighted by Gasteiger charge is 2.31. The molecule has 4 rings (SSSR count). The Bertz CT molecular complexity index is 967. The van der Waals surface area contributed by atoms with Crippen LogP contribution in [0, 0.1) is 0 Å². The van der Waals surface area contributed by atoms with E-state index in [0.29, 0.717) is 0 Å². The lowest BCUT2D eigenvalue weighted by Crippen LogP contribution is -3.09. The minimum absolute atomic E-state index is 0.254. The summed E-state index contributed by atoms with van der Waals surface area (Å²) in [6.45, 7) is 1.04. The van der Waals surface area contributed by atoms with Gasteiger partial charge in [-0.2, -0.15) is 0 Å². The first-order valence-corrected chi connectivity index (χ1v) is 8.74. The maximum absolute atomic E-state index is 5.52. The average molecular weight is 354 g/mol. The van der Waals surface area contributed by atoms with Crippen LogP contribution < -0.4 is 34.3 Å². The highest BCUT2D eigenvalue weighted by Crippen LogP contribution is 2.34. The number of hydrogen-bond donors (Lipinski definition) is 1. The van der Waals surface area contributed by atoms with E-state index in [0.717, 1.165) is 36.0 Å². The van der Waals surface area contributed by atoms with Crippen molar-refractivity contribution in [2.75, 3.05) is 35.0 Å². The van der Waals surface area contributed by atoms with Crippen LogP contribution in [0.1, 0.15) is 17.2 Å². The molecule has 2 aliphatic heterocycles. The Hall–Kier alpha value is -2.66. The number of hydrogen-bond acceptors (Lipinski definition) is 4. The molecule has 0 bridgehead atoms. The van der Waals surface area contributed by atoms with Crippen LogP contribution in [0.4, 0.5) is 0 Å². The van der Waals surface area contributed by atoms with Crippen molar-refractivity contribution in [2.24, 2.45) is 0 Å². The van der Waals surface area contributed by atoms with Gasteiger partial charge in [0.1, 0.15) is 12.2 Å². The summed E-state index contributed by atoms with van der Waals surface area (Å²) in [5.74, 6) is 3.08. The van der Waals surface area contributed by atoms with Crippen molar-refractivity contribution in [3.05, 3.63) is 45.8 Å². The fourth-order valence-electron chi connectivity index (χ4n) is 3.99. The molecule has 5 nitrogen and oxygen atoms in total. The molecule has 0 saturated carbocycles. The van der Waals surface area contributed by atoms with Crippen molar-refractivity contribution in [3.8, 4) is 23.0 Å². The summed E-state index contributed by atoms with van der Waals surface area (Å²) in [4.78, 5) is 1.42. The largest absolute Gasteiger partial charge is 0.493 e. The summed E-state index contributed by atoms with van der Waals surface area (Å²) in [5, 5.41) is 2.34. The van der Waals surface area contributed by atoms with Gasteiger partial charge in [-0.3, -0.25) is 4.90 Å². The van der Waals surface area contributed by atoms with Crippen LogP contribution in [0.2, 0.25) is 0 Å². The van der Waals surface area contributed by atoms with E-state index in [-0.39, 0.29) is 6.04 Å². The first-order valence-electron chi connectivity index (χ1n) is 8.74. The normalized spacial score (nSPS) is 19.8. The molecule has 26 heavy (non-hydrogen) atoms. The second-order valence-corrected chi connectivity index (χ2v) is 6.61. The minimum atomic E-state index is 0.254. The van der Waals surface area contributed by atoms with E-state index in [9.17, 15) is 0 Å². The Labute approximate surface area is 153 Å². The molecule has 2 aliphatic rings. The summed E-state index contributed by atoms with van der Waals surface area (Å²) in [6.07, 6.45) is 5.62. The van der Waals surface area contributed by atoms with Gasteiger partial charge in [-0.1, -0.05) is 0 Å².